The van der Waals surface area contributed by atoms with Crippen LogP contribution in [-0.2, 0) is 6.42 Å². The summed E-state index contributed by atoms with van der Waals surface area (Å²) in [5.74, 6) is 3.19. The lowest BCUT2D eigenvalue weighted by molar-refractivity contribution is 0.305. The minimum atomic E-state index is 0.307. The maximum Gasteiger partial charge on any atom is 0.207 e. The van der Waals surface area contributed by atoms with Crippen molar-refractivity contribution in [3.63, 3.8) is 0 Å². The number of rotatable bonds is 10. The van der Waals surface area contributed by atoms with Crippen LogP contribution in [0.3, 0.4) is 0 Å². The van der Waals surface area contributed by atoms with Crippen molar-refractivity contribution in [2.24, 2.45) is 5.92 Å². The second-order valence-corrected chi connectivity index (χ2v) is 7.12. The van der Waals surface area contributed by atoms with Gasteiger partial charge in [-0.25, -0.2) is 0 Å². The average Bonchev–Trinajstić information content (AvgIpc) is 2.73. The summed E-state index contributed by atoms with van der Waals surface area (Å²) in [7, 11) is 6.37. The molecule has 6 heteroatoms. The second-order valence-electron chi connectivity index (χ2n) is 7.12. The fourth-order valence-corrected chi connectivity index (χ4v) is 3.32. The summed E-state index contributed by atoms with van der Waals surface area (Å²) in [6, 6.07) is 7.83. The molecule has 0 heterocycles. The van der Waals surface area contributed by atoms with Crippen molar-refractivity contribution in [3.8, 4) is 28.7 Å². The van der Waals surface area contributed by atoms with E-state index in [1.807, 2.05) is 31.2 Å². The third-order valence-corrected chi connectivity index (χ3v) is 4.88. The Balaban J connectivity index is 2.52. The Kier molecular flexibility index (Phi) is 8.27. The van der Waals surface area contributed by atoms with Gasteiger partial charge in [0.25, 0.3) is 0 Å². The summed E-state index contributed by atoms with van der Waals surface area (Å²) < 4.78 is 27.8. The molecule has 0 fully saturated rings. The molecule has 2 rings (SSSR count). The van der Waals surface area contributed by atoms with E-state index < -0.39 is 0 Å². The molecule has 0 amide bonds. The van der Waals surface area contributed by atoms with Gasteiger partial charge in [-0.3, -0.25) is 0 Å². The van der Waals surface area contributed by atoms with Crippen molar-refractivity contribution in [3.05, 3.63) is 41.0 Å². The van der Waals surface area contributed by atoms with Gasteiger partial charge in [-0.15, -0.1) is 0 Å². The van der Waals surface area contributed by atoms with Crippen LogP contribution in [0.2, 0.25) is 0 Å². The zero-order valence-corrected chi connectivity index (χ0v) is 19.0. The summed E-state index contributed by atoms with van der Waals surface area (Å²) in [6.07, 6.45) is 2.86. The van der Waals surface area contributed by atoms with Gasteiger partial charge in [0.05, 0.1) is 40.7 Å². The SMILES string of the molecule is CCOc1ccc(C/C(=C\c2cc(OC)c(OC)c(OC)c2OC)C(C)C)cc1N. The van der Waals surface area contributed by atoms with E-state index in [0.717, 1.165) is 17.5 Å². The quantitative estimate of drug-likeness (QED) is 0.552. The molecule has 0 aromatic heterocycles. The Morgan fingerprint density at radius 1 is 0.900 bits per heavy atom. The Hall–Kier alpha value is -3.02. The van der Waals surface area contributed by atoms with Crippen LogP contribution in [0.15, 0.2) is 29.8 Å². The molecule has 0 spiro atoms. The number of nitrogen functional groups attached to an aromatic ring is 1. The predicted molar refractivity (Wildman–Crippen MR) is 121 cm³/mol. The first-order valence-corrected chi connectivity index (χ1v) is 9.98. The van der Waals surface area contributed by atoms with E-state index in [4.69, 9.17) is 29.4 Å². The molecule has 0 atom stereocenters. The maximum atomic E-state index is 6.15. The lowest BCUT2D eigenvalue weighted by atomic mass is 9.93. The van der Waals surface area contributed by atoms with Gasteiger partial charge in [-0.2, -0.15) is 0 Å². The van der Waals surface area contributed by atoms with Gasteiger partial charge in [-0.05, 0) is 43.0 Å². The number of ether oxygens (including phenoxy) is 5. The van der Waals surface area contributed by atoms with Crippen LogP contribution in [0, 0.1) is 5.92 Å². The maximum absolute atomic E-state index is 6.15. The molecule has 0 aliphatic carbocycles. The number of benzene rings is 2. The van der Waals surface area contributed by atoms with Gasteiger partial charge < -0.3 is 29.4 Å². The first-order chi connectivity index (χ1) is 14.4. The second kappa shape index (κ2) is 10.7. The summed E-state index contributed by atoms with van der Waals surface area (Å²) in [5.41, 5.74) is 9.98. The van der Waals surface area contributed by atoms with E-state index in [0.29, 0.717) is 47.0 Å². The van der Waals surface area contributed by atoms with Gasteiger partial charge in [-0.1, -0.05) is 31.6 Å². The molecule has 0 saturated heterocycles. The van der Waals surface area contributed by atoms with E-state index in [2.05, 4.69) is 19.9 Å². The monoisotopic (exact) mass is 415 g/mol. The topological polar surface area (TPSA) is 72.2 Å². The van der Waals surface area contributed by atoms with Crippen LogP contribution >= 0.6 is 0 Å². The zero-order chi connectivity index (χ0) is 22.3. The molecular formula is C24H33NO5. The number of hydrogen-bond donors (Lipinski definition) is 1. The smallest absolute Gasteiger partial charge is 0.207 e. The molecule has 0 bridgehead atoms. The van der Waals surface area contributed by atoms with Crippen molar-refractivity contribution in [1.29, 1.82) is 0 Å². The van der Waals surface area contributed by atoms with Gasteiger partial charge in [0.1, 0.15) is 5.75 Å². The fraction of sp³-hybridized carbons (Fsp3) is 0.417. The molecule has 2 N–H and O–H groups in total. The molecule has 0 aliphatic heterocycles. The van der Waals surface area contributed by atoms with E-state index in [1.165, 1.54) is 5.57 Å². The number of methoxy groups -OCH3 is 4. The Bertz CT molecular complexity index is 890. The van der Waals surface area contributed by atoms with Crippen molar-refractivity contribution in [2.45, 2.75) is 27.2 Å². The van der Waals surface area contributed by atoms with Gasteiger partial charge in [0, 0.05) is 5.56 Å². The highest BCUT2D eigenvalue weighted by Crippen LogP contribution is 2.47. The molecule has 30 heavy (non-hydrogen) atoms. The van der Waals surface area contributed by atoms with Crippen LogP contribution in [0.25, 0.3) is 6.08 Å². The first kappa shape index (κ1) is 23.3. The number of allylic oxidation sites excluding steroid dienone is 1. The van der Waals surface area contributed by atoms with Crippen molar-refractivity contribution < 1.29 is 23.7 Å². The predicted octanol–water partition coefficient (Wildman–Crippen LogP) is 4.98. The molecular weight excluding hydrogens is 382 g/mol. The molecule has 2 aromatic rings. The molecule has 0 radical (unpaired) electrons. The van der Waals surface area contributed by atoms with Crippen LogP contribution in [0.5, 0.6) is 28.7 Å². The summed E-state index contributed by atoms with van der Waals surface area (Å²) in [6.45, 7) is 6.85. The van der Waals surface area contributed by atoms with Crippen LogP contribution in [-0.4, -0.2) is 35.0 Å². The molecule has 6 nitrogen and oxygen atoms in total. The van der Waals surface area contributed by atoms with Gasteiger partial charge in [0.15, 0.2) is 11.5 Å². The summed E-state index contributed by atoms with van der Waals surface area (Å²) in [4.78, 5) is 0. The Morgan fingerprint density at radius 3 is 2.07 bits per heavy atom. The minimum Gasteiger partial charge on any atom is -0.493 e. The zero-order valence-electron chi connectivity index (χ0n) is 19.0. The fourth-order valence-electron chi connectivity index (χ4n) is 3.32. The van der Waals surface area contributed by atoms with Crippen molar-refractivity contribution in [2.75, 3.05) is 40.8 Å². The lowest BCUT2D eigenvalue weighted by Gasteiger charge is -2.19. The molecule has 0 saturated carbocycles. The average molecular weight is 416 g/mol. The van der Waals surface area contributed by atoms with E-state index >= 15 is 0 Å². The molecule has 0 aliphatic rings. The van der Waals surface area contributed by atoms with Crippen LogP contribution in [0.4, 0.5) is 5.69 Å². The van der Waals surface area contributed by atoms with E-state index in [-0.39, 0.29) is 0 Å². The Labute approximate surface area is 179 Å². The van der Waals surface area contributed by atoms with E-state index in [9.17, 15) is 0 Å². The number of nitrogens with two attached hydrogens (primary N) is 1. The molecule has 164 valence electrons. The highest BCUT2D eigenvalue weighted by Gasteiger charge is 2.21. The number of hydrogen-bond acceptors (Lipinski definition) is 6. The Morgan fingerprint density at radius 2 is 1.57 bits per heavy atom. The molecule has 0 unspecified atom stereocenters. The first-order valence-electron chi connectivity index (χ1n) is 9.98. The third kappa shape index (κ3) is 5.12. The third-order valence-electron chi connectivity index (χ3n) is 4.88. The molecule has 2 aromatic carbocycles. The number of anilines is 1. The highest BCUT2D eigenvalue weighted by atomic mass is 16.5. The summed E-state index contributed by atoms with van der Waals surface area (Å²) in [5, 5.41) is 0. The van der Waals surface area contributed by atoms with Crippen LogP contribution < -0.4 is 29.4 Å². The largest absolute Gasteiger partial charge is 0.493 e. The van der Waals surface area contributed by atoms with Gasteiger partial charge >= 0.3 is 0 Å². The van der Waals surface area contributed by atoms with Crippen LogP contribution in [0.1, 0.15) is 31.9 Å². The van der Waals surface area contributed by atoms with Crippen molar-refractivity contribution in [1.82, 2.24) is 0 Å². The van der Waals surface area contributed by atoms with Gasteiger partial charge in [0.2, 0.25) is 11.5 Å². The minimum absolute atomic E-state index is 0.307. The standard InChI is InChI=1S/C24H33NO5/c1-8-30-20-10-9-16(12-19(20)25)11-17(15(2)3)13-18-14-21(26-4)23(28-6)24(29-7)22(18)27-5/h9-10,12-15H,8,11,25H2,1-7H3/b17-13+. The van der Waals surface area contributed by atoms with E-state index in [1.54, 1.807) is 28.4 Å². The highest BCUT2D eigenvalue weighted by molar-refractivity contribution is 5.72. The van der Waals surface area contributed by atoms with Crippen molar-refractivity contribution >= 4 is 11.8 Å². The lowest BCUT2D eigenvalue weighted by Crippen LogP contribution is -2.03. The normalized spacial score (nSPS) is 11.4. The summed E-state index contributed by atoms with van der Waals surface area (Å²) >= 11 is 0.